The molecule has 0 aliphatic rings. The average Bonchev–Trinajstić information content (AvgIpc) is 2.39. The molecule has 0 aliphatic carbocycles. The number of rotatable bonds is 5. The van der Waals surface area contributed by atoms with Gasteiger partial charge >= 0.3 is 0 Å². The monoisotopic (exact) mass is 322 g/mol. The molecule has 100 valence electrons. The molecule has 0 aliphatic heterocycles. The lowest BCUT2D eigenvalue weighted by molar-refractivity contribution is 0.160. The molecule has 19 heavy (non-hydrogen) atoms. The Morgan fingerprint density at radius 1 is 1.11 bits per heavy atom. The summed E-state index contributed by atoms with van der Waals surface area (Å²) in [4.78, 5) is 0. The molecule has 3 heteroatoms. The maximum Gasteiger partial charge on any atom is 0.130 e. The van der Waals surface area contributed by atoms with Crippen LogP contribution in [0, 0.1) is 5.82 Å². The zero-order valence-electron chi connectivity index (χ0n) is 10.5. The van der Waals surface area contributed by atoms with Crippen LogP contribution in [0.25, 0.3) is 0 Å². The van der Waals surface area contributed by atoms with Crippen LogP contribution in [0.5, 0.6) is 0 Å². The maximum atomic E-state index is 13.7. The summed E-state index contributed by atoms with van der Waals surface area (Å²) in [6.45, 7) is 0. The molecule has 0 saturated carbocycles. The zero-order chi connectivity index (χ0) is 13.7. The molecule has 0 radical (unpaired) electrons. The number of hydrogen-bond acceptors (Lipinski definition) is 1. The second kappa shape index (κ2) is 6.83. The third-order valence-corrected chi connectivity index (χ3v) is 3.60. The summed E-state index contributed by atoms with van der Waals surface area (Å²) in [5.74, 6) is -0.360. The maximum absolute atomic E-state index is 13.7. The Hall–Kier alpha value is -1.19. The lowest BCUT2D eigenvalue weighted by Crippen LogP contribution is -2.01. The van der Waals surface area contributed by atoms with Crippen molar-refractivity contribution < 1.29 is 9.50 Å². The minimum absolute atomic E-state index is 0.360. The Balaban J connectivity index is 1.89. The van der Waals surface area contributed by atoms with Crippen molar-refractivity contribution in [2.24, 2.45) is 0 Å². The molecule has 0 amide bonds. The molecule has 1 atom stereocenters. The lowest BCUT2D eigenvalue weighted by Gasteiger charge is -2.12. The van der Waals surface area contributed by atoms with E-state index in [1.165, 1.54) is 11.6 Å². The molecule has 0 aromatic heterocycles. The normalized spacial score (nSPS) is 12.4. The van der Waals surface area contributed by atoms with E-state index < -0.39 is 6.10 Å². The number of aliphatic hydroxyl groups excluding tert-OH is 1. The van der Waals surface area contributed by atoms with Crippen molar-refractivity contribution in [1.82, 2.24) is 0 Å². The highest BCUT2D eigenvalue weighted by atomic mass is 79.9. The van der Waals surface area contributed by atoms with Gasteiger partial charge in [-0.15, -0.1) is 0 Å². The second-order valence-corrected chi connectivity index (χ2v) is 5.48. The Bertz CT molecular complexity index is 528. The summed E-state index contributed by atoms with van der Waals surface area (Å²) in [6.07, 6.45) is 1.56. The van der Waals surface area contributed by atoms with Crippen molar-refractivity contribution in [3.8, 4) is 0 Å². The van der Waals surface area contributed by atoms with Crippen molar-refractivity contribution in [2.75, 3.05) is 0 Å². The fourth-order valence-electron chi connectivity index (χ4n) is 2.07. The molecule has 1 unspecified atom stereocenters. The van der Waals surface area contributed by atoms with Gasteiger partial charge in [0.15, 0.2) is 0 Å². The predicted octanol–water partition coefficient (Wildman–Crippen LogP) is 4.64. The Labute approximate surface area is 121 Å². The Morgan fingerprint density at radius 3 is 2.53 bits per heavy atom. The highest BCUT2D eigenvalue weighted by Gasteiger charge is 2.12. The predicted molar refractivity (Wildman–Crippen MR) is 78.4 cm³/mol. The SMILES string of the molecule is OC(CCCc1ccccc1)c1ccc(Br)cc1F. The number of benzene rings is 2. The van der Waals surface area contributed by atoms with E-state index in [0.29, 0.717) is 16.5 Å². The van der Waals surface area contributed by atoms with E-state index in [2.05, 4.69) is 28.1 Å². The van der Waals surface area contributed by atoms with E-state index in [1.54, 1.807) is 12.1 Å². The quantitative estimate of drug-likeness (QED) is 0.849. The topological polar surface area (TPSA) is 20.2 Å². The number of aliphatic hydroxyl groups is 1. The van der Waals surface area contributed by atoms with Crippen LogP contribution in [-0.2, 0) is 6.42 Å². The van der Waals surface area contributed by atoms with Gasteiger partial charge in [-0.25, -0.2) is 4.39 Å². The highest BCUT2D eigenvalue weighted by molar-refractivity contribution is 9.10. The van der Waals surface area contributed by atoms with Gasteiger partial charge in [0, 0.05) is 10.0 Å². The molecular formula is C16H16BrFO. The second-order valence-electron chi connectivity index (χ2n) is 4.56. The lowest BCUT2D eigenvalue weighted by atomic mass is 10.0. The molecule has 0 spiro atoms. The number of aryl methyl sites for hydroxylation is 1. The van der Waals surface area contributed by atoms with E-state index in [0.717, 1.165) is 12.8 Å². The van der Waals surface area contributed by atoms with E-state index >= 15 is 0 Å². The van der Waals surface area contributed by atoms with Crippen LogP contribution in [0.2, 0.25) is 0 Å². The third kappa shape index (κ3) is 4.15. The van der Waals surface area contributed by atoms with Gasteiger partial charge in [-0.3, -0.25) is 0 Å². The molecule has 2 aromatic carbocycles. The van der Waals surface area contributed by atoms with Crippen molar-refractivity contribution in [1.29, 1.82) is 0 Å². The summed E-state index contributed by atoms with van der Waals surface area (Å²) in [5.41, 5.74) is 1.61. The van der Waals surface area contributed by atoms with Crippen LogP contribution in [-0.4, -0.2) is 5.11 Å². The van der Waals surface area contributed by atoms with Gasteiger partial charge in [-0.05, 0) is 37.0 Å². The van der Waals surface area contributed by atoms with Gasteiger partial charge in [0.25, 0.3) is 0 Å². The summed E-state index contributed by atoms with van der Waals surface area (Å²) < 4.78 is 14.3. The molecule has 2 aromatic rings. The average molecular weight is 323 g/mol. The van der Waals surface area contributed by atoms with E-state index in [-0.39, 0.29) is 5.82 Å². The minimum atomic E-state index is -0.739. The summed E-state index contributed by atoms with van der Waals surface area (Å²) in [7, 11) is 0. The molecule has 2 rings (SSSR count). The van der Waals surface area contributed by atoms with E-state index in [4.69, 9.17) is 0 Å². The summed E-state index contributed by atoms with van der Waals surface area (Å²) >= 11 is 3.21. The number of hydrogen-bond donors (Lipinski definition) is 1. The standard InChI is InChI=1S/C16H16BrFO/c17-13-9-10-14(15(18)11-13)16(19)8-4-7-12-5-2-1-3-6-12/h1-3,5-6,9-11,16,19H,4,7-8H2. The minimum Gasteiger partial charge on any atom is -0.388 e. The highest BCUT2D eigenvalue weighted by Crippen LogP contribution is 2.24. The molecule has 0 bridgehead atoms. The van der Waals surface area contributed by atoms with Gasteiger partial charge in [-0.2, -0.15) is 0 Å². The van der Waals surface area contributed by atoms with Crippen molar-refractivity contribution >= 4 is 15.9 Å². The van der Waals surface area contributed by atoms with Crippen LogP contribution < -0.4 is 0 Å². The van der Waals surface area contributed by atoms with Crippen LogP contribution in [0.15, 0.2) is 53.0 Å². The summed E-state index contributed by atoms with van der Waals surface area (Å²) in [6, 6.07) is 14.9. The third-order valence-electron chi connectivity index (χ3n) is 3.11. The van der Waals surface area contributed by atoms with Crippen LogP contribution >= 0.6 is 15.9 Å². The van der Waals surface area contributed by atoms with E-state index in [1.807, 2.05) is 18.2 Å². The molecule has 0 heterocycles. The van der Waals surface area contributed by atoms with Crippen LogP contribution in [0.3, 0.4) is 0 Å². The first-order chi connectivity index (χ1) is 9.16. The first kappa shape index (κ1) is 14.2. The van der Waals surface area contributed by atoms with Gasteiger partial charge < -0.3 is 5.11 Å². The molecule has 0 fully saturated rings. The van der Waals surface area contributed by atoms with Gasteiger partial charge in [0.05, 0.1) is 6.10 Å². The van der Waals surface area contributed by atoms with Crippen LogP contribution in [0.4, 0.5) is 4.39 Å². The smallest absolute Gasteiger partial charge is 0.130 e. The van der Waals surface area contributed by atoms with Crippen molar-refractivity contribution in [2.45, 2.75) is 25.4 Å². The van der Waals surface area contributed by atoms with Gasteiger partial charge in [0.2, 0.25) is 0 Å². The van der Waals surface area contributed by atoms with E-state index in [9.17, 15) is 9.50 Å². The Kier molecular flexibility index (Phi) is 5.11. The van der Waals surface area contributed by atoms with Gasteiger partial charge in [0.1, 0.15) is 5.82 Å². The van der Waals surface area contributed by atoms with Crippen LogP contribution in [0.1, 0.15) is 30.1 Å². The van der Waals surface area contributed by atoms with Crippen molar-refractivity contribution in [3.63, 3.8) is 0 Å². The zero-order valence-corrected chi connectivity index (χ0v) is 12.1. The Morgan fingerprint density at radius 2 is 1.84 bits per heavy atom. The van der Waals surface area contributed by atoms with Crippen molar-refractivity contribution in [3.05, 3.63) is 69.9 Å². The molecular weight excluding hydrogens is 307 g/mol. The summed E-state index contributed by atoms with van der Waals surface area (Å²) in [5, 5.41) is 10.0. The number of halogens is 2. The molecule has 1 nitrogen and oxygen atoms in total. The molecule has 0 saturated heterocycles. The largest absolute Gasteiger partial charge is 0.388 e. The first-order valence-corrected chi connectivity index (χ1v) is 7.13. The fourth-order valence-corrected chi connectivity index (χ4v) is 2.40. The molecule has 1 N–H and O–H groups in total. The van der Waals surface area contributed by atoms with Gasteiger partial charge in [-0.1, -0.05) is 52.3 Å². The first-order valence-electron chi connectivity index (χ1n) is 6.34. The fraction of sp³-hybridized carbons (Fsp3) is 0.250.